The number of hydrogen-bond acceptors (Lipinski definition) is 4. The smallest absolute Gasteiger partial charge is 0.407 e. The van der Waals surface area contributed by atoms with Crippen molar-refractivity contribution in [1.29, 1.82) is 0 Å². The molecule has 0 aromatic heterocycles. The number of alkyl carbamates (subject to hydrolysis) is 1. The number of nitrogens with one attached hydrogen (secondary N) is 2. The summed E-state index contributed by atoms with van der Waals surface area (Å²) in [5.74, 6) is -1.85. The number of benzene rings is 2. The highest BCUT2D eigenvalue weighted by Gasteiger charge is 2.34. The van der Waals surface area contributed by atoms with E-state index in [-0.39, 0.29) is 25.0 Å². The number of aliphatic carboxylic acids is 1. The lowest BCUT2D eigenvalue weighted by Gasteiger charge is -2.27. The van der Waals surface area contributed by atoms with Gasteiger partial charge in [0.05, 0.1) is 5.41 Å². The summed E-state index contributed by atoms with van der Waals surface area (Å²) in [5, 5.41) is 14.5. The van der Waals surface area contributed by atoms with Gasteiger partial charge in [0.2, 0.25) is 5.91 Å². The molecule has 32 heavy (non-hydrogen) atoms. The molecular formula is C25H30N2O5. The highest BCUT2D eigenvalue weighted by molar-refractivity contribution is 5.87. The molecule has 1 aliphatic carbocycles. The minimum atomic E-state index is -1.09. The third kappa shape index (κ3) is 4.93. The van der Waals surface area contributed by atoms with E-state index in [1.54, 1.807) is 27.7 Å². The molecule has 1 atom stereocenters. The third-order valence-corrected chi connectivity index (χ3v) is 5.85. The Morgan fingerprint density at radius 2 is 1.53 bits per heavy atom. The maximum absolute atomic E-state index is 12.6. The zero-order valence-corrected chi connectivity index (χ0v) is 18.8. The highest BCUT2D eigenvalue weighted by atomic mass is 16.5. The van der Waals surface area contributed by atoms with Gasteiger partial charge in [0.25, 0.3) is 0 Å². The summed E-state index contributed by atoms with van der Waals surface area (Å²) < 4.78 is 5.50. The molecule has 0 bridgehead atoms. The van der Waals surface area contributed by atoms with Crippen LogP contribution in [0.1, 0.15) is 44.7 Å². The van der Waals surface area contributed by atoms with E-state index < -0.39 is 29.4 Å². The molecule has 3 rings (SSSR count). The highest BCUT2D eigenvalue weighted by Crippen LogP contribution is 2.44. The van der Waals surface area contributed by atoms with Gasteiger partial charge >= 0.3 is 12.1 Å². The molecule has 170 valence electrons. The van der Waals surface area contributed by atoms with Gasteiger partial charge in [0.1, 0.15) is 12.6 Å². The van der Waals surface area contributed by atoms with Gasteiger partial charge in [-0.3, -0.25) is 4.79 Å². The van der Waals surface area contributed by atoms with Gasteiger partial charge in [-0.25, -0.2) is 9.59 Å². The Labute approximate surface area is 188 Å². The fourth-order valence-corrected chi connectivity index (χ4v) is 3.87. The predicted molar refractivity (Wildman–Crippen MR) is 121 cm³/mol. The zero-order valence-electron chi connectivity index (χ0n) is 18.8. The lowest BCUT2D eigenvalue weighted by Crippen LogP contribution is -2.52. The van der Waals surface area contributed by atoms with Crippen LogP contribution in [0.25, 0.3) is 11.1 Å². The lowest BCUT2D eigenvalue weighted by molar-refractivity contribution is -0.144. The van der Waals surface area contributed by atoms with Crippen LogP contribution in [0.5, 0.6) is 0 Å². The molecule has 3 N–H and O–H groups in total. The number of hydrogen-bond donors (Lipinski definition) is 3. The summed E-state index contributed by atoms with van der Waals surface area (Å²) in [6.45, 7) is 6.93. The standard InChI is InChI=1S/C25H30N2O5/c1-15(2)21(22(28)29)27-23(30)25(3,4)14-26-24(31)32-13-20-18-11-7-5-9-16(18)17-10-6-8-12-19(17)20/h5-12,15,20-21H,13-14H2,1-4H3,(H,26,31)(H,27,30)(H,28,29)/t21-/m0/s1. The number of fused-ring (bicyclic) bond motifs is 3. The second kappa shape index (κ2) is 9.42. The lowest BCUT2D eigenvalue weighted by atomic mass is 9.91. The molecular weight excluding hydrogens is 408 g/mol. The first-order valence-electron chi connectivity index (χ1n) is 10.7. The van der Waals surface area contributed by atoms with Crippen LogP contribution in [0.2, 0.25) is 0 Å². The van der Waals surface area contributed by atoms with Gasteiger partial charge in [-0.1, -0.05) is 62.4 Å². The summed E-state index contributed by atoms with van der Waals surface area (Å²) >= 11 is 0. The number of amides is 2. The van der Waals surface area contributed by atoms with Crippen LogP contribution in [-0.4, -0.2) is 42.3 Å². The Hall–Kier alpha value is -3.35. The second-order valence-corrected chi connectivity index (χ2v) is 9.10. The molecule has 1 aliphatic rings. The van der Waals surface area contributed by atoms with E-state index in [4.69, 9.17) is 4.74 Å². The summed E-state index contributed by atoms with van der Waals surface area (Å²) in [4.78, 5) is 36.3. The first kappa shape index (κ1) is 23.3. The van der Waals surface area contributed by atoms with Crippen molar-refractivity contribution in [3.05, 3.63) is 59.7 Å². The molecule has 0 spiro atoms. The van der Waals surface area contributed by atoms with E-state index in [0.29, 0.717) is 0 Å². The Morgan fingerprint density at radius 1 is 1.00 bits per heavy atom. The summed E-state index contributed by atoms with van der Waals surface area (Å²) in [6, 6.07) is 15.2. The van der Waals surface area contributed by atoms with E-state index in [9.17, 15) is 19.5 Å². The number of ether oxygens (including phenoxy) is 1. The fraction of sp³-hybridized carbons (Fsp3) is 0.400. The van der Waals surface area contributed by atoms with Crippen molar-refractivity contribution >= 4 is 18.0 Å². The van der Waals surface area contributed by atoms with Crippen LogP contribution in [0.15, 0.2) is 48.5 Å². The minimum Gasteiger partial charge on any atom is -0.480 e. The summed E-state index contributed by atoms with van der Waals surface area (Å²) in [6.07, 6.45) is -0.619. The van der Waals surface area contributed by atoms with Crippen molar-refractivity contribution in [2.75, 3.05) is 13.2 Å². The molecule has 2 amide bonds. The number of rotatable bonds is 8. The summed E-state index contributed by atoms with van der Waals surface area (Å²) in [5.41, 5.74) is 3.53. The molecule has 0 saturated carbocycles. The number of carbonyl (C=O) groups excluding carboxylic acids is 2. The van der Waals surface area contributed by atoms with Gasteiger partial charge in [0.15, 0.2) is 0 Å². The topological polar surface area (TPSA) is 105 Å². The monoisotopic (exact) mass is 438 g/mol. The van der Waals surface area contributed by atoms with Crippen LogP contribution < -0.4 is 10.6 Å². The second-order valence-electron chi connectivity index (χ2n) is 9.10. The predicted octanol–water partition coefficient (Wildman–Crippen LogP) is 3.78. The van der Waals surface area contributed by atoms with Crippen molar-refractivity contribution in [2.45, 2.75) is 39.7 Å². The Balaban J connectivity index is 1.57. The minimum absolute atomic E-state index is 0.0138. The zero-order chi connectivity index (χ0) is 23.5. The molecule has 7 nitrogen and oxygen atoms in total. The van der Waals surface area contributed by atoms with Crippen LogP contribution in [0, 0.1) is 11.3 Å². The average molecular weight is 439 g/mol. The van der Waals surface area contributed by atoms with Gasteiger partial charge < -0.3 is 20.5 Å². The van der Waals surface area contributed by atoms with Crippen LogP contribution in [0.3, 0.4) is 0 Å². The van der Waals surface area contributed by atoms with E-state index in [1.807, 2.05) is 36.4 Å². The Bertz CT molecular complexity index is 969. The van der Waals surface area contributed by atoms with Crippen molar-refractivity contribution in [2.24, 2.45) is 11.3 Å². The average Bonchev–Trinajstić information content (AvgIpc) is 3.07. The van der Waals surface area contributed by atoms with Crippen LogP contribution in [-0.2, 0) is 14.3 Å². The van der Waals surface area contributed by atoms with Gasteiger partial charge in [-0.15, -0.1) is 0 Å². The Kier molecular flexibility index (Phi) is 6.87. The molecule has 2 aromatic rings. The Morgan fingerprint density at radius 3 is 2.03 bits per heavy atom. The van der Waals surface area contributed by atoms with Crippen molar-refractivity contribution in [1.82, 2.24) is 10.6 Å². The van der Waals surface area contributed by atoms with E-state index in [0.717, 1.165) is 22.3 Å². The molecule has 0 radical (unpaired) electrons. The normalized spacial score (nSPS) is 13.8. The number of carbonyl (C=O) groups is 3. The maximum atomic E-state index is 12.6. The van der Waals surface area contributed by atoms with Crippen LogP contribution in [0.4, 0.5) is 4.79 Å². The SMILES string of the molecule is CC(C)[C@H](NC(=O)C(C)(C)CNC(=O)OCC1c2ccccc2-c2ccccc21)C(=O)O. The van der Waals surface area contributed by atoms with Gasteiger partial charge in [0, 0.05) is 12.5 Å². The van der Waals surface area contributed by atoms with Gasteiger partial charge in [-0.2, -0.15) is 0 Å². The van der Waals surface area contributed by atoms with E-state index in [1.165, 1.54) is 0 Å². The quantitative estimate of drug-likeness (QED) is 0.582. The maximum Gasteiger partial charge on any atom is 0.407 e. The fourth-order valence-electron chi connectivity index (χ4n) is 3.87. The number of carboxylic acids is 1. The molecule has 2 aromatic carbocycles. The molecule has 0 unspecified atom stereocenters. The first-order chi connectivity index (χ1) is 15.1. The molecule has 0 heterocycles. The van der Waals surface area contributed by atoms with E-state index in [2.05, 4.69) is 22.8 Å². The molecule has 0 saturated heterocycles. The summed E-state index contributed by atoms with van der Waals surface area (Å²) in [7, 11) is 0. The number of carboxylic acid groups (broad SMARTS) is 1. The van der Waals surface area contributed by atoms with Crippen LogP contribution >= 0.6 is 0 Å². The van der Waals surface area contributed by atoms with Crippen molar-refractivity contribution < 1.29 is 24.2 Å². The largest absolute Gasteiger partial charge is 0.480 e. The molecule has 7 heteroatoms. The van der Waals surface area contributed by atoms with Gasteiger partial charge in [-0.05, 0) is 42.0 Å². The molecule has 0 aliphatic heterocycles. The van der Waals surface area contributed by atoms with Crippen molar-refractivity contribution in [3.8, 4) is 11.1 Å². The third-order valence-electron chi connectivity index (χ3n) is 5.85. The van der Waals surface area contributed by atoms with E-state index >= 15 is 0 Å². The van der Waals surface area contributed by atoms with Crippen molar-refractivity contribution in [3.63, 3.8) is 0 Å². The first-order valence-corrected chi connectivity index (χ1v) is 10.7. The molecule has 0 fully saturated rings.